The van der Waals surface area contributed by atoms with Gasteiger partial charge >= 0.3 is 0 Å². The minimum atomic E-state index is 1.21. The van der Waals surface area contributed by atoms with Gasteiger partial charge in [0.1, 0.15) is 0 Å². The van der Waals surface area contributed by atoms with Crippen LogP contribution in [-0.2, 0) is 0 Å². The van der Waals surface area contributed by atoms with Crippen LogP contribution in [0.2, 0.25) is 0 Å². The van der Waals surface area contributed by atoms with Gasteiger partial charge in [0.2, 0.25) is 0 Å². The molecule has 2 rings (SSSR count). The summed E-state index contributed by atoms with van der Waals surface area (Å²) in [7, 11) is 0. The van der Waals surface area contributed by atoms with Crippen molar-refractivity contribution in [2.75, 3.05) is 0 Å². The van der Waals surface area contributed by atoms with Gasteiger partial charge in [0.05, 0.1) is 6.01 Å². The largest absolute Gasteiger partial charge is 0.242 e. The first-order valence-electron chi connectivity index (χ1n) is 3.47. The summed E-state index contributed by atoms with van der Waals surface area (Å²) < 4.78 is 0. The minimum absolute atomic E-state index is 1.21. The zero-order chi connectivity index (χ0) is 6.69. The summed E-state index contributed by atoms with van der Waals surface area (Å²) >= 11 is 0. The fourth-order valence-corrected chi connectivity index (χ4v) is 1.66. The Labute approximate surface area is 55.3 Å². The Balaban J connectivity index is 0.000000120. The monoisotopic (exact) mass is 124 g/mol. The second kappa shape index (κ2) is 2.79. The van der Waals surface area contributed by atoms with Crippen molar-refractivity contribution < 1.29 is 0 Å². The third-order valence-electron chi connectivity index (χ3n) is 2.22. The maximum absolute atomic E-state index is 5.62. The van der Waals surface area contributed by atoms with E-state index in [1.54, 1.807) is 19.3 Å². The van der Waals surface area contributed by atoms with E-state index in [0.29, 0.717) is 0 Å². The summed E-state index contributed by atoms with van der Waals surface area (Å²) in [4.78, 5) is 0. The van der Waals surface area contributed by atoms with Crippen LogP contribution in [0.3, 0.4) is 0 Å². The zero-order valence-electron chi connectivity index (χ0n) is 5.48. The highest BCUT2D eigenvalue weighted by Gasteiger charge is 2.40. The van der Waals surface area contributed by atoms with E-state index in [4.69, 9.17) is 10.8 Å². The van der Waals surface area contributed by atoms with Crippen LogP contribution in [0, 0.1) is 22.7 Å². The summed E-state index contributed by atoms with van der Waals surface area (Å²) in [5.74, 6) is 2.43. The van der Waals surface area contributed by atoms with Crippen molar-refractivity contribution in [2.45, 2.75) is 25.7 Å². The van der Waals surface area contributed by atoms with Crippen molar-refractivity contribution in [1.29, 1.82) is 10.8 Å². The van der Waals surface area contributed by atoms with Crippen LogP contribution in [0.5, 0.6) is 0 Å². The average Bonchev–Trinajstić information content (AvgIpc) is 2.43. The van der Waals surface area contributed by atoms with E-state index in [2.05, 4.69) is 0 Å². The number of hydrogen-bond donors (Lipinski definition) is 2. The highest BCUT2D eigenvalue weighted by Crippen LogP contribution is 2.51. The molecule has 2 nitrogen and oxygen atoms in total. The fraction of sp³-hybridized carbons (Fsp3) is 0.857. The number of fused-ring (bicyclic) bond motifs is 1. The second-order valence-corrected chi connectivity index (χ2v) is 2.81. The molecule has 0 aromatic carbocycles. The molecule has 2 N–H and O–H groups in total. The van der Waals surface area contributed by atoms with Gasteiger partial charge in [-0.1, -0.05) is 19.3 Å². The van der Waals surface area contributed by atoms with Crippen molar-refractivity contribution in [3.05, 3.63) is 0 Å². The normalized spacial score (nSPS) is 35.6. The first kappa shape index (κ1) is 6.50. The molecule has 2 fully saturated rings. The Hall–Kier alpha value is -0.620. The first-order valence-corrected chi connectivity index (χ1v) is 3.47. The van der Waals surface area contributed by atoms with Gasteiger partial charge in [-0.3, -0.25) is 0 Å². The first-order chi connectivity index (χ1) is 4.38. The van der Waals surface area contributed by atoms with Gasteiger partial charge in [-0.2, -0.15) is 0 Å². The molecule has 2 unspecified atom stereocenters. The Kier molecular flexibility index (Phi) is 2.01. The molecule has 0 aromatic heterocycles. The van der Waals surface area contributed by atoms with Crippen molar-refractivity contribution in [3.8, 4) is 0 Å². The summed E-state index contributed by atoms with van der Waals surface area (Å²) in [6, 6.07) is 1.25. The zero-order valence-corrected chi connectivity index (χ0v) is 5.48. The van der Waals surface area contributed by atoms with Crippen molar-refractivity contribution >= 4 is 6.01 Å². The van der Waals surface area contributed by atoms with E-state index < -0.39 is 0 Å². The summed E-state index contributed by atoms with van der Waals surface area (Å²) in [5, 5.41) is 11.2. The molecule has 2 aliphatic carbocycles. The third kappa shape index (κ3) is 1.65. The van der Waals surface area contributed by atoms with E-state index >= 15 is 0 Å². The number of nitrogens with one attached hydrogen (secondary N) is 2. The van der Waals surface area contributed by atoms with E-state index in [-0.39, 0.29) is 0 Å². The molecule has 9 heavy (non-hydrogen) atoms. The molecular weight excluding hydrogens is 112 g/mol. The van der Waals surface area contributed by atoms with Gasteiger partial charge in [-0.05, 0) is 18.3 Å². The molecule has 2 aliphatic rings. The number of hydrogen-bond acceptors (Lipinski definition) is 2. The topological polar surface area (TPSA) is 47.7 Å². The highest BCUT2D eigenvalue weighted by atomic mass is 14.5. The van der Waals surface area contributed by atoms with Gasteiger partial charge in [-0.25, -0.2) is 10.8 Å². The van der Waals surface area contributed by atoms with Crippen LogP contribution in [0.4, 0.5) is 0 Å². The van der Waals surface area contributed by atoms with Crippen LogP contribution >= 0.6 is 0 Å². The molecular formula is C7H12N2. The maximum Gasteiger partial charge on any atom is 0.0831 e. The summed E-state index contributed by atoms with van der Waals surface area (Å²) in [5.41, 5.74) is 0. The molecule has 0 aliphatic heterocycles. The van der Waals surface area contributed by atoms with Gasteiger partial charge < -0.3 is 0 Å². The summed E-state index contributed by atoms with van der Waals surface area (Å²) in [6.07, 6.45) is 6.24. The van der Waals surface area contributed by atoms with Crippen LogP contribution in [0.15, 0.2) is 0 Å². The molecule has 0 heterocycles. The lowest BCUT2D eigenvalue weighted by atomic mass is 10.3. The molecule has 0 radical (unpaired) electrons. The third-order valence-corrected chi connectivity index (χ3v) is 2.22. The number of rotatable bonds is 0. The van der Waals surface area contributed by atoms with E-state index in [1.807, 2.05) is 0 Å². The van der Waals surface area contributed by atoms with E-state index in [9.17, 15) is 0 Å². The average molecular weight is 124 g/mol. The lowest BCUT2D eigenvalue weighted by molar-refractivity contribution is 0.735. The van der Waals surface area contributed by atoms with Gasteiger partial charge in [0.25, 0.3) is 0 Å². The van der Waals surface area contributed by atoms with Crippen molar-refractivity contribution in [3.63, 3.8) is 0 Å². The Bertz CT molecular complexity index is 117. The van der Waals surface area contributed by atoms with Crippen molar-refractivity contribution in [1.82, 2.24) is 0 Å². The predicted octanol–water partition coefficient (Wildman–Crippen LogP) is 2.12. The molecule has 0 saturated heterocycles. The Morgan fingerprint density at radius 1 is 1.11 bits per heavy atom. The fourth-order valence-electron chi connectivity index (χ4n) is 1.66. The maximum atomic E-state index is 5.62. The van der Waals surface area contributed by atoms with E-state index in [1.165, 1.54) is 24.3 Å². The van der Waals surface area contributed by atoms with Gasteiger partial charge in [-0.15, -0.1) is 0 Å². The van der Waals surface area contributed by atoms with Crippen LogP contribution in [0.1, 0.15) is 25.7 Å². The quantitative estimate of drug-likeness (QED) is 0.465. The van der Waals surface area contributed by atoms with Gasteiger partial charge in [0.15, 0.2) is 0 Å². The molecule has 0 aromatic rings. The SMILES string of the molecule is C1CC2CC2C1.N=C=N. The Morgan fingerprint density at radius 2 is 1.56 bits per heavy atom. The second-order valence-electron chi connectivity index (χ2n) is 2.81. The van der Waals surface area contributed by atoms with Crippen LogP contribution < -0.4 is 0 Å². The molecule has 2 atom stereocenters. The van der Waals surface area contributed by atoms with Crippen LogP contribution in [-0.4, -0.2) is 6.01 Å². The lowest BCUT2D eigenvalue weighted by Crippen LogP contribution is -1.64. The smallest absolute Gasteiger partial charge is 0.0831 e. The lowest BCUT2D eigenvalue weighted by Gasteiger charge is -1.80. The van der Waals surface area contributed by atoms with E-state index in [0.717, 1.165) is 0 Å². The standard InChI is InChI=1S/C6H10.CH2N2/c1-2-5-4-6(5)3-1;2-1-3/h5-6H,1-4H2;2-3H. The molecule has 0 amide bonds. The highest BCUT2D eigenvalue weighted by molar-refractivity contribution is 5.29. The summed E-state index contributed by atoms with van der Waals surface area (Å²) in [6.45, 7) is 0. The minimum Gasteiger partial charge on any atom is -0.242 e. The molecule has 0 spiro atoms. The molecule has 50 valence electrons. The Morgan fingerprint density at radius 3 is 1.67 bits per heavy atom. The van der Waals surface area contributed by atoms with Gasteiger partial charge in [0, 0.05) is 0 Å². The van der Waals surface area contributed by atoms with Crippen molar-refractivity contribution in [2.24, 2.45) is 11.8 Å². The predicted molar refractivity (Wildman–Crippen MR) is 35.9 cm³/mol. The molecule has 2 heteroatoms. The molecule has 0 bridgehead atoms. The van der Waals surface area contributed by atoms with Crippen LogP contribution in [0.25, 0.3) is 0 Å². The molecule has 2 saturated carbocycles.